The van der Waals surface area contributed by atoms with Crippen LogP contribution in [0.2, 0.25) is 0 Å². The second kappa shape index (κ2) is 6.24. The molecule has 0 spiro atoms. The molecule has 0 aliphatic rings. The molecular weight excluding hydrogens is 266 g/mol. The molecule has 19 heavy (non-hydrogen) atoms. The van der Waals surface area contributed by atoms with E-state index in [1.165, 1.54) is 11.3 Å². The zero-order valence-corrected chi connectivity index (χ0v) is 11.8. The lowest BCUT2D eigenvalue weighted by molar-refractivity contribution is 0.369. The summed E-state index contributed by atoms with van der Waals surface area (Å²) in [6, 6.07) is 3.64. The number of ether oxygens (including phenoxy) is 3. The molecule has 6 nitrogen and oxygen atoms in total. The molecule has 0 amide bonds. The van der Waals surface area contributed by atoms with Crippen LogP contribution in [-0.2, 0) is 6.54 Å². The zero-order valence-electron chi connectivity index (χ0n) is 11.0. The number of aromatic nitrogens is 2. The summed E-state index contributed by atoms with van der Waals surface area (Å²) in [7, 11) is 4.83. The van der Waals surface area contributed by atoms with Gasteiger partial charge in [0, 0.05) is 18.7 Å². The van der Waals surface area contributed by atoms with Gasteiger partial charge in [-0.25, -0.2) is 0 Å². The van der Waals surface area contributed by atoms with Crippen molar-refractivity contribution >= 4 is 16.5 Å². The Morgan fingerprint density at radius 1 is 1.11 bits per heavy atom. The first kappa shape index (κ1) is 13.4. The van der Waals surface area contributed by atoms with Crippen molar-refractivity contribution in [2.75, 3.05) is 26.6 Å². The normalized spacial score (nSPS) is 10.1. The maximum absolute atomic E-state index is 5.37. The Morgan fingerprint density at radius 3 is 2.26 bits per heavy atom. The van der Waals surface area contributed by atoms with E-state index in [9.17, 15) is 0 Å². The van der Waals surface area contributed by atoms with E-state index in [-0.39, 0.29) is 0 Å². The van der Waals surface area contributed by atoms with Crippen molar-refractivity contribution < 1.29 is 14.2 Å². The Morgan fingerprint density at radius 2 is 1.79 bits per heavy atom. The summed E-state index contributed by atoms with van der Waals surface area (Å²) in [6.07, 6.45) is 0. The predicted molar refractivity (Wildman–Crippen MR) is 73.3 cm³/mol. The van der Waals surface area contributed by atoms with Crippen LogP contribution in [0.5, 0.6) is 17.2 Å². The van der Waals surface area contributed by atoms with Gasteiger partial charge in [-0.15, -0.1) is 10.2 Å². The van der Waals surface area contributed by atoms with Gasteiger partial charge in [0.25, 0.3) is 0 Å². The van der Waals surface area contributed by atoms with Crippen molar-refractivity contribution in [1.29, 1.82) is 0 Å². The van der Waals surface area contributed by atoms with E-state index >= 15 is 0 Å². The first-order chi connectivity index (χ1) is 9.28. The van der Waals surface area contributed by atoms with Crippen molar-refractivity contribution in [3.8, 4) is 17.2 Å². The van der Waals surface area contributed by atoms with Crippen LogP contribution in [-0.4, -0.2) is 31.5 Å². The third-order valence-electron chi connectivity index (χ3n) is 2.59. The second-order valence-electron chi connectivity index (χ2n) is 3.61. The van der Waals surface area contributed by atoms with Gasteiger partial charge in [0.05, 0.1) is 26.9 Å². The Bertz CT molecular complexity index is 506. The van der Waals surface area contributed by atoms with Crippen molar-refractivity contribution in [3.05, 3.63) is 23.2 Å². The number of rotatable bonds is 6. The van der Waals surface area contributed by atoms with Gasteiger partial charge < -0.3 is 19.5 Å². The topological polar surface area (TPSA) is 65.5 Å². The molecule has 0 atom stereocenters. The third kappa shape index (κ3) is 3.05. The lowest BCUT2D eigenvalue weighted by Crippen LogP contribution is -2.04. The molecule has 1 N–H and O–H groups in total. The van der Waals surface area contributed by atoms with E-state index in [1.807, 2.05) is 12.1 Å². The molecule has 0 saturated heterocycles. The Kier molecular flexibility index (Phi) is 4.40. The Balaban J connectivity index is 2.26. The maximum atomic E-state index is 5.37. The second-order valence-corrected chi connectivity index (χ2v) is 4.44. The van der Waals surface area contributed by atoms with E-state index < -0.39 is 0 Å². The molecule has 0 aliphatic carbocycles. The van der Waals surface area contributed by atoms with Crippen molar-refractivity contribution in [1.82, 2.24) is 10.2 Å². The fourth-order valence-electron chi connectivity index (χ4n) is 1.67. The highest BCUT2D eigenvalue weighted by Gasteiger charge is 2.13. The largest absolute Gasteiger partial charge is 0.496 e. The maximum Gasteiger partial charge on any atom is 0.205 e. The molecule has 2 aromatic rings. The van der Waals surface area contributed by atoms with Crippen molar-refractivity contribution in [3.63, 3.8) is 0 Å². The van der Waals surface area contributed by atoms with Crippen LogP contribution >= 0.6 is 11.3 Å². The van der Waals surface area contributed by atoms with Crippen LogP contribution < -0.4 is 19.5 Å². The van der Waals surface area contributed by atoms with E-state index in [1.54, 1.807) is 26.8 Å². The van der Waals surface area contributed by atoms with Crippen LogP contribution in [0.25, 0.3) is 0 Å². The minimum atomic E-state index is 0.533. The van der Waals surface area contributed by atoms with Gasteiger partial charge in [-0.05, 0) is 0 Å². The number of anilines is 1. The van der Waals surface area contributed by atoms with Gasteiger partial charge in [-0.2, -0.15) is 0 Å². The molecule has 2 rings (SSSR count). The third-order valence-corrected chi connectivity index (χ3v) is 3.24. The van der Waals surface area contributed by atoms with Crippen molar-refractivity contribution in [2.24, 2.45) is 0 Å². The molecule has 0 radical (unpaired) electrons. The lowest BCUT2D eigenvalue weighted by Gasteiger charge is -2.15. The summed E-state index contributed by atoms with van der Waals surface area (Å²) in [5, 5.41) is 11.6. The van der Waals surface area contributed by atoms with Gasteiger partial charge in [-0.1, -0.05) is 11.3 Å². The summed E-state index contributed by atoms with van der Waals surface area (Å²) < 4.78 is 15.9. The monoisotopic (exact) mass is 281 g/mol. The summed E-state index contributed by atoms with van der Waals surface area (Å²) in [5.41, 5.74) is 2.58. The van der Waals surface area contributed by atoms with Gasteiger partial charge >= 0.3 is 0 Å². The zero-order chi connectivity index (χ0) is 13.7. The molecule has 1 aromatic carbocycles. The molecule has 0 saturated carbocycles. The molecule has 0 bridgehead atoms. The van der Waals surface area contributed by atoms with Gasteiger partial charge in [0.2, 0.25) is 5.13 Å². The average Bonchev–Trinajstić information content (AvgIpc) is 2.97. The first-order valence-electron chi connectivity index (χ1n) is 5.57. The highest BCUT2D eigenvalue weighted by atomic mass is 32.1. The van der Waals surface area contributed by atoms with Gasteiger partial charge in [0.15, 0.2) is 0 Å². The highest BCUT2D eigenvalue weighted by molar-refractivity contribution is 7.13. The van der Waals surface area contributed by atoms with E-state index in [0.717, 1.165) is 10.7 Å². The quantitative estimate of drug-likeness (QED) is 0.875. The SMILES string of the molecule is COc1cc(OC)c(CNc2nncs2)c(OC)c1. The Hall–Kier alpha value is -2.02. The van der Waals surface area contributed by atoms with Gasteiger partial charge in [0.1, 0.15) is 22.8 Å². The molecule has 1 aromatic heterocycles. The molecule has 0 fully saturated rings. The number of hydrogen-bond donors (Lipinski definition) is 1. The smallest absolute Gasteiger partial charge is 0.205 e. The highest BCUT2D eigenvalue weighted by Crippen LogP contribution is 2.34. The summed E-state index contributed by atoms with van der Waals surface area (Å²) in [4.78, 5) is 0. The summed E-state index contributed by atoms with van der Waals surface area (Å²) in [6.45, 7) is 0.533. The standard InChI is InChI=1S/C12H15N3O3S/c1-16-8-4-10(17-2)9(11(5-8)18-3)6-13-12-15-14-7-19-12/h4-5,7H,6H2,1-3H3,(H,13,15). The minimum Gasteiger partial charge on any atom is -0.496 e. The van der Waals surface area contributed by atoms with Gasteiger partial charge in [-0.3, -0.25) is 0 Å². The molecule has 7 heteroatoms. The fraction of sp³-hybridized carbons (Fsp3) is 0.333. The number of nitrogens with one attached hydrogen (secondary N) is 1. The number of benzene rings is 1. The number of nitrogens with zero attached hydrogens (tertiary/aromatic N) is 2. The van der Waals surface area contributed by atoms with E-state index in [0.29, 0.717) is 23.8 Å². The number of hydrogen-bond acceptors (Lipinski definition) is 7. The fourth-order valence-corrected chi connectivity index (χ4v) is 2.11. The average molecular weight is 281 g/mol. The molecule has 102 valence electrons. The lowest BCUT2D eigenvalue weighted by atomic mass is 10.1. The number of methoxy groups -OCH3 is 3. The van der Waals surface area contributed by atoms with Crippen LogP contribution in [0, 0.1) is 0 Å². The molecule has 0 unspecified atom stereocenters. The Labute approximate surface area is 115 Å². The molecular formula is C12H15N3O3S. The van der Waals surface area contributed by atoms with Crippen molar-refractivity contribution in [2.45, 2.75) is 6.54 Å². The van der Waals surface area contributed by atoms with Crippen LogP contribution in [0.4, 0.5) is 5.13 Å². The van der Waals surface area contributed by atoms with Crippen LogP contribution in [0.3, 0.4) is 0 Å². The van der Waals surface area contributed by atoms with E-state index in [4.69, 9.17) is 14.2 Å². The summed E-state index contributed by atoms with van der Waals surface area (Å²) >= 11 is 1.44. The predicted octanol–water partition coefficient (Wildman–Crippen LogP) is 2.18. The van der Waals surface area contributed by atoms with Crippen LogP contribution in [0.15, 0.2) is 17.6 Å². The summed E-state index contributed by atoms with van der Waals surface area (Å²) in [5.74, 6) is 2.09. The minimum absolute atomic E-state index is 0.533. The van der Waals surface area contributed by atoms with E-state index in [2.05, 4.69) is 15.5 Å². The molecule has 1 heterocycles. The molecule has 0 aliphatic heterocycles. The first-order valence-corrected chi connectivity index (χ1v) is 6.45. The van der Waals surface area contributed by atoms with Crippen LogP contribution in [0.1, 0.15) is 5.56 Å².